The number of nitrogens with two attached hydrogens (primary N) is 1. The zero-order valence-electron chi connectivity index (χ0n) is 10.9. The molecule has 0 aliphatic heterocycles. The summed E-state index contributed by atoms with van der Waals surface area (Å²) >= 11 is 0. The molecule has 2 N–H and O–H groups in total. The average Bonchev–Trinajstić information content (AvgIpc) is 2.46. The van der Waals surface area contributed by atoms with E-state index in [1.54, 1.807) is 12.1 Å². The number of halogens is 1. The molecule has 1 aliphatic carbocycles. The van der Waals surface area contributed by atoms with E-state index in [0.29, 0.717) is 5.56 Å². The molecule has 0 aromatic heterocycles. The summed E-state index contributed by atoms with van der Waals surface area (Å²) in [5, 5.41) is 0. The first-order valence-electron chi connectivity index (χ1n) is 6.87. The van der Waals surface area contributed by atoms with Gasteiger partial charge in [-0.1, -0.05) is 36.4 Å². The molecule has 0 radical (unpaired) electrons. The fourth-order valence-corrected chi connectivity index (χ4v) is 2.85. The summed E-state index contributed by atoms with van der Waals surface area (Å²) in [5.41, 5.74) is 10.6. The van der Waals surface area contributed by atoms with E-state index in [0.717, 1.165) is 18.4 Å². The predicted molar refractivity (Wildman–Crippen MR) is 75.5 cm³/mol. The predicted octanol–water partition coefficient (Wildman–Crippen LogP) is 3.75. The van der Waals surface area contributed by atoms with Gasteiger partial charge in [0, 0.05) is 5.56 Å². The molecule has 1 nitrogen and oxygen atoms in total. The number of benzene rings is 2. The number of hydrogen-bond acceptors (Lipinski definition) is 1. The van der Waals surface area contributed by atoms with Crippen LogP contribution < -0.4 is 5.73 Å². The number of rotatable bonds is 2. The molecular weight excluding hydrogens is 237 g/mol. The highest BCUT2D eigenvalue weighted by atomic mass is 19.1. The van der Waals surface area contributed by atoms with Crippen molar-refractivity contribution >= 4 is 0 Å². The van der Waals surface area contributed by atoms with E-state index in [9.17, 15) is 4.39 Å². The summed E-state index contributed by atoms with van der Waals surface area (Å²) in [6.45, 7) is 0. The second-order valence-electron chi connectivity index (χ2n) is 5.23. The van der Waals surface area contributed by atoms with Gasteiger partial charge in [-0.15, -0.1) is 0 Å². The lowest BCUT2D eigenvalue weighted by molar-refractivity contribution is 0.599. The van der Waals surface area contributed by atoms with Crippen LogP contribution in [0, 0.1) is 5.82 Å². The molecule has 3 rings (SSSR count). The zero-order chi connectivity index (χ0) is 13.2. The van der Waals surface area contributed by atoms with E-state index < -0.39 is 0 Å². The Bertz CT molecular complexity index is 592. The number of fused-ring (bicyclic) bond motifs is 1. The maximum Gasteiger partial charge on any atom is 0.128 e. The molecule has 2 heteroatoms. The third-order valence-corrected chi connectivity index (χ3v) is 3.97. The standard InChI is InChI=1S/C17H18FN/c18-16-8-4-3-7-15(16)17(19)14-10-9-12-5-1-2-6-13(12)11-14/h3-4,7-11,17H,1-2,5-6,19H2. The molecule has 1 unspecified atom stereocenters. The van der Waals surface area contributed by atoms with Gasteiger partial charge < -0.3 is 5.73 Å². The fourth-order valence-electron chi connectivity index (χ4n) is 2.85. The van der Waals surface area contributed by atoms with Crippen LogP contribution in [0.4, 0.5) is 4.39 Å². The van der Waals surface area contributed by atoms with E-state index in [1.807, 2.05) is 12.1 Å². The summed E-state index contributed by atoms with van der Waals surface area (Å²) in [6, 6.07) is 12.7. The molecule has 1 aliphatic rings. The maximum absolute atomic E-state index is 13.8. The third-order valence-electron chi connectivity index (χ3n) is 3.97. The van der Waals surface area contributed by atoms with Crippen molar-refractivity contribution in [2.75, 3.05) is 0 Å². The Labute approximate surface area is 113 Å². The molecule has 1 atom stereocenters. The molecule has 2 aromatic rings. The second kappa shape index (κ2) is 5.14. The molecule has 0 amide bonds. The molecule has 0 bridgehead atoms. The van der Waals surface area contributed by atoms with E-state index in [1.165, 1.54) is 30.0 Å². The van der Waals surface area contributed by atoms with Gasteiger partial charge in [-0.05, 0) is 48.4 Å². The summed E-state index contributed by atoms with van der Waals surface area (Å²) in [7, 11) is 0. The van der Waals surface area contributed by atoms with Crippen LogP contribution in [0.15, 0.2) is 42.5 Å². The van der Waals surface area contributed by atoms with Gasteiger partial charge in [0.2, 0.25) is 0 Å². The normalized spacial score (nSPS) is 15.9. The van der Waals surface area contributed by atoms with Crippen molar-refractivity contribution in [3.05, 3.63) is 70.5 Å². The van der Waals surface area contributed by atoms with E-state index in [-0.39, 0.29) is 11.9 Å². The fraction of sp³-hybridized carbons (Fsp3) is 0.294. The lowest BCUT2D eigenvalue weighted by Crippen LogP contribution is -2.15. The SMILES string of the molecule is NC(c1ccc2c(c1)CCCC2)c1ccccc1F. The van der Waals surface area contributed by atoms with E-state index >= 15 is 0 Å². The van der Waals surface area contributed by atoms with E-state index in [4.69, 9.17) is 5.73 Å². The quantitative estimate of drug-likeness (QED) is 0.869. The third kappa shape index (κ3) is 2.41. The summed E-state index contributed by atoms with van der Waals surface area (Å²) in [5.74, 6) is -0.229. The van der Waals surface area contributed by atoms with Crippen LogP contribution in [-0.2, 0) is 12.8 Å². The topological polar surface area (TPSA) is 26.0 Å². The number of hydrogen-bond donors (Lipinski definition) is 1. The lowest BCUT2D eigenvalue weighted by atomic mass is 9.88. The Balaban J connectivity index is 1.96. The van der Waals surface area contributed by atoms with Gasteiger partial charge in [-0.2, -0.15) is 0 Å². The summed E-state index contributed by atoms with van der Waals surface area (Å²) < 4.78 is 13.8. The van der Waals surface area contributed by atoms with Crippen molar-refractivity contribution in [3.63, 3.8) is 0 Å². The molecular formula is C17H18FN. The van der Waals surface area contributed by atoms with Gasteiger partial charge >= 0.3 is 0 Å². The minimum absolute atomic E-state index is 0.229. The Morgan fingerprint density at radius 1 is 0.947 bits per heavy atom. The smallest absolute Gasteiger partial charge is 0.128 e. The Morgan fingerprint density at radius 2 is 1.68 bits per heavy atom. The Morgan fingerprint density at radius 3 is 2.47 bits per heavy atom. The second-order valence-corrected chi connectivity index (χ2v) is 5.23. The van der Waals surface area contributed by atoms with Crippen molar-refractivity contribution in [2.45, 2.75) is 31.7 Å². The van der Waals surface area contributed by atoms with Crippen LogP contribution in [0.25, 0.3) is 0 Å². The van der Waals surface area contributed by atoms with Crippen LogP contribution in [0.2, 0.25) is 0 Å². The summed E-state index contributed by atoms with van der Waals surface area (Å²) in [4.78, 5) is 0. The van der Waals surface area contributed by atoms with Crippen molar-refractivity contribution in [2.24, 2.45) is 5.73 Å². The lowest BCUT2D eigenvalue weighted by Gasteiger charge is -2.19. The van der Waals surface area contributed by atoms with Gasteiger partial charge in [0.25, 0.3) is 0 Å². The first-order valence-corrected chi connectivity index (χ1v) is 6.87. The van der Waals surface area contributed by atoms with Gasteiger partial charge in [-0.25, -0.2) is 4.39 Å². The van der Waals surface area contributed by atoms with E-state index in [2.05, 4.69) is 12.1 Å². The minimum Gasteiger partial charge on any atom is -0.320 e. The van der Waals surface area contributed by atoms with Gasteiger partial charge in [-0.3, -0.25) is 0 Å². The van der Waals surface area contributed by atoms with Gasteiger partial charge in [0.15, 0.2) is 0 Å². The van der Waals surface area contributed by atoms with Crippen LogP contribution in [0.5, 0.6) is 0 Å². The highest BCUT2D eigenvalue weighted by molar-refractivity contribution is 5.39. The highest BCUT2D eigenvalue weighted by Gasteiger charge is 2.16. The van der Waals surface area contributed by atoms with Crippen molar-refractivity contribution in [3.8, 4) is 0 Å². The van der Waals surface area contributed by atoms with Crippen LogP contribution in [-0.4, -0.2) is 0 Å². The first-order chi connectivity index (χ1) is 9.25. The first kappa shape index (κ1) is 12.4. The van der Waals surface area contributed by atoms with Gasteiger partial charge in [0.05, 0.1) is 6.04 Å². The highest BCUT2D eigenvalue weighted by Crippen LogP contribution is 2.27. The van der Waals surface area contributed by atoms with Crippen molar-refractivity contribution < 1.29 is 4.39 Å². The minimum atomic E-state index is -0.381. The van der Waals surface area contributed by atoms with Crippen molar-refractivity contribution in [1.29, 1.82) is 0 Å². The Kier molecular flexibility index (Phi) is 3.34. The largest absolute Gasteiger partial charge is 0.320 e. The maximum atomic E-state index is 13.8. The van der Waals surface area contributed by atoms with Crippen LogP contribution >= 0.6 is 0 Å². The molecule has 0 spiro atoms. The van der Waals surface area contributed by atoms with Gasteiger partial charge in [0.1, 0.15) is 5.82 Å². The molecule has 0 fully saturated rings. The van der Waals surface area contributed by atoms with Crippen molar-refractivity contribution in [1.82, 2.24) is 0 Å². The number of aryl methyl sites for hydroxylation is 2. The Hall–Kier alpha value is -1.67. The van der Waals surface area contributed by atoms with Crippen LogP contribution in [0.1, 0.15) is 41.1 Å². The monoisotopic (exact) mass is 255 g/mol. The molecule has 0 heterocycles. The molecule has 98 valence electrons. The average molecular weight is 255 g/mol. The zero-order valence-corrected chi connectivity index (χ0v) is 10.9. The molecule has 0 saturated carbocycles. The molecule has 2 aromatic carbocycles. The van der Waals surface area contributed by atoms with Crippen LogP contribution in [0.3, 0.4) is 0 Å². The molecule has 0 saturated heterocycles. The molecule has 19 heavy (non-hydrogen) atoms. The summed E-state index contributed by atoms with van der Waals surface area (Å²) in [6.07, 6.45) is 4.79.